The SMILES string of the molecule is CC.CC.CCOc1ccccc1C(=O)CC. The van der Waals surface area contributed by atoms with E-state index in [-0.39, 0.29) is 5.78 Å². The molecule has 0 radical (unpaired) electrons. The van der Waals surface area contributed by atoms with Crippen molar-refractivity contribution in [3.63, 3.8) is 0 Å². The van der Waals surface area contributed by atoms with Gasteiger partial charge in [-0.1, -0.05) is 46.8 Å². The maximum Gasteiger partial charge on any atom is 0.166 e. The summed E-state index contributed by atoms with van der Waals surface area (Å²) in [4.78, 5) is 11.4. The van der Waals surface area contributed by atoms with Gasteiger partial charge in [-0.25, -0.2) is 0 Å². The number of benzene rings is 1. The molecule has 0 heterocycles. The first-order valence-corrected chi connectivity index (χ1v) is 6.54. The van der Waals surface area contributed by atoms with Gasteiger partial charge < -0.3 is 4.74 Å². The van der Waals surface area contributed by atoms with Gasteiger partial charge in [0.1, 0.15) is 5.75 Å². The fraction of sp³-hybridized carbons (Fsp3) is 0.533. The number of hydrogen-bond donors (Lipinski definition) is 0. The van der Waals surface area contributed by atoms with Crippen LogP contribution in [0.25, 0.3) is 0 Å². The largest absolute Gasteiger partial charge is 0.493 e. The molecule has 1 aromatic rings. The Morgan fingerprint density at radius 3 is 2.06 bits per heavy atom. The van der Waals surface area contributed by atoms with E-state index in [2.05, 4.69) is 0 Å². The molecule has 0 N–H and O–H groups in total. The van der Waals surface area contributed by atoms with E-state index in [9.17, 15) is 4.79 Å². The van der Waals surface area contributed by atoms with Crippen molar-refractivity contribution in [2.75, 3.05) is 6.61 Å². The van der Waals surface area contributed by atoms with Gasteiger partial charge in [-0.3, -0.25) is 4.79 Å². The zero-order chi connectivity index (χ0) is 13.7. The van der Waals surface area contributed by atoms with Gasteiger partial charge >= 0.3 is 0 Å². The molecule has 0 spiro atoms. The smallest absolute Gasteiger partial charge is 0.166 e. The predicted molar refractivity (Wildman–Crippen MR) is 74.9 cm³/mol. The average molecular weight is 238 g/mol. The van der Waals surface area contributed by atoms with Gasteiger partial charge in [-0.05, 0) is 19.1 Å². The maximum absolute atomic E-state index is 11.4. The summed E-state index contributed by atoms with van der Waals surface area (Å²) in [6.07, 6.45) is 0.518. The molecule has 0 bridgehead atoms. The normalized spacial score (nSPS) is 8.12. The molecule has 0 amide bonds. The van der Waals surface area contributed by atoms with Gasteiger partial charge in [0.2, 0.25) is 0 Å². The van der Waals surface area contributed by atoms with Gasteiger partial charge in [0.05, 0.1) is 12.2 Å². The summed E-state index contributed by atoms with van der Waals surface area (Å²) in [5, 5.41) is 0. The number of para-hydroxylation sites is 1. The van der Waals surface area contributed by atoms with E-state index in [1.165, 1.54) is 0 Å². The molecular weight excluding hydrogens is 212 g/mol. The first kappa shape index (κ1) is 18.1. The summed E-state index contributed by atoms with van der Waals surface area (Å²) in [5.74, 6) is 0.820. The topological polar surface area (TPSA) is 26.3 Å². The van der Waals surface area contributed by atoms with E-state index in [0.717, 1.165) is 0 Å². The highest BCUT2D eigenvalue weighted by molar-refractivity contribution is 5.98. The van der Waals surface area contributed by atoms with Crippen LogP contribution in [0.1, 0.15) is 58.3 Å². The van der Waals surface area contributed by atoms with Crippen molar-refractivity contribution in [3.8, 4) is 5.75 Å². The van der Waals surface area contributed by atoms with Crippen LogP contribution in [-0.2, 0) is 0 Å². The van der Waals surface area contributed by atoms with Crippen LogP contribution in [0.15, 0.2) is 24.3 Å². The highest BCUT2D eigenvalue weighted by Crippen LogP contribution is 2.19. The molecule has 98 valence electrons. The van der Waals surface area contributed by atoms with E-state index < -0.39 is 0 Å². The third-order valence-electron chi connectivity index (χ3n) is 1.81. The third-order valence-corrected chi connectivity index (χ3v) is 1.81. The Balaban J connectivity index is 0. The molecule has 0 aromatic heterocycles. The third kappa shape index (κ3) is 6.77. The number of rotatable bonds is 4. The Bertz CT molecular complexity index is 293. The molecule has 0 fully saturated rings. The minimum Gasteiger partial charge on any atom is -0.493 e. The van der Waals surface area contributed by atoms with E-state index in [1.54, 1.807) is 6.07 Å². The van der Waals surface area contributed by atoms with Crippen molar-refractivity contribution in [3.05, 3.63) is 29.8 Å². The summed E-state index contributed by atoms with van der Waals surface area (Å²) in [7, 11) is 0. The van der Waals surface area contributed by atoms with Crippen molar-refractivity contribution < 1.29 is 9.53 Å². The van der Waals surface area contributed by atoms with Crippen LogP contribution in [0.2, 0.25) is 0 Å². The number of ether oxygens (including phenoxy) is 1. The maximum atomic E-state index is 11.4. The molecule has 0 aliphatic heterocycles. The Morgan fingerprint density at radius 1 is 1.06 bits per heavy atom. The molecule has 0 saturated heterocycles. The van der Waals surface area contributed by atoms with Crippen LogP contribution in [0.3, 0.4) is 0 Å². The lowest BCUT2D eigenvalue weighted by Crippen LogP contribution is -2.02. The van der Waals surface area contributed by atoms with Gasteiger partial charge in [-0.15, -0.1) is 0 Å². The molecule has 0 saturated carbocycles. The van der Waals surface area contributed by atoms with Crippen molar-refractivity contribution in [1.82, 2.24) is 0 Å². The number of ketones is 1. The molecule has 2 nitrogen and oxygen atoms in total. The second kappa shape index (κ2) is 12.8. The highest BCUT2D eigenvalue weighted by atomic mass is 16.5. The van der Waals surface area contributed by atoms with E-state index in [1.807, 2.05) is 59.7 Å². The lowest BCUT2D eigenvalue weighted by atomic mass is 10.1. The van der Waals surface area contributed by atoms with Crippen LogP contribution in [0.5, 0.6) is 5.75 Å². The molecule has 0 aliphatic rings. The quantitative estimate of drug-likeness (QED) is 0.709. The Hall–Kier alpha value is -1.31. The summed E-state index contributed by atoms with van der Waals surface area (Å²) < 4.78 is 5.34. The van der Waals surface area contributed by atoms with E-state index >= 15 is 0 Å². The fourth-order valence-corrected chi connectivity index (χ4v) is 1.17. The first-order valence-electron chi connectivity index (χ1n) is 6.54. The zero-order valence-electron chi connectivity index (χ0n) is 12.0. The molecule has 0 atom stereocenters. The minimum atomic E-state index is 0.129. The zero-order valence-corrected chi connectivity index (χ0v) is 12.0. The van der Waals surface area contributed by atoms with Crippen molar-refractivity contribution in [2.24, 2.45) is 0 Å². The molecule has 0 aliphatic carbocycles. The fourth-order valence-electron chi connectivity index (χ4n) is 1.17. The summed E-state index contributed by atoms with van der Waals surface area (Å²) in [6, 6.07) is 7.35. The standard InChI is InChI=1S/C11H14O2.2C2H6/c1-3-10(12)9-7-5-6-8-11(9)13-4-2;2*1-2/h5-8H,3-4H2,1-2H3;2*1-2H3. The average Bonchev–Trinajstić information content (AvgIpc) is 2.43. The van der Waals surface area contributed by atoms with Gasteiger partial charge in [-0.2, -0.15) is 0 Å². The lowest BCUT2D eigenvalue weighted by molar-refractivity contribution is 0.0984. The summed E-state index contributed by atoms with van der Waals surface area (Å²) in [5.41, 5.74) is 0.687. The molecular formula is C15H26O2. The number of Topliss-reactive ketones (excluding diaryl/α,β-unsaturated/α-hetero) is 1. The predicted octanol–water partition coefficient (Wildman–Crippen LogP) is 4.73. The van der Waals surface area contributed by atoms with Crippen LogP contribution in [0, 0.1) is 0 Å². The first-order chi connectivity index (χ1) is 8.29. The van der Waals surface area contributed by atoms with Crippen molar-refractivity contribution in [2.45, 2.75) is 48.0 Å². The molecule has 0 unspecified atom stereocenters. The molecule has 1 aromatic carbocycles. The van der Waals surface area contributed by atoms with Crippen LogP contribution in [0.4, 0.5) is 0 Å². The summed E-state index contributed by atoms with van der Waals surface area (Å²) >= 11 is 0. The highest BCUT2D eigenvalue weighted by Gasteiger charge is 2.08. The Morgan fingerprint density at radius 2 is 1.59 bits per heavy atom. The van der Waals surface area contributed by atoms with Gasteiger partial charge in [0, 0.05) is 6.42 Å². The molecule has 17 heavy (non-hydrogen) atoms. The van der Waals surface area contributed by atoms with Crippen LogP contribution < -0.4 is 4.74 Å². The number of carbonyl (C=O) groups excluding carboxylic acids is 1. The van der Waals surface area contributed by atoms with Crippen molar-refractivity contribution in [1.29, 1.82) is 0 Å². The van der Waals surface area contributed by atoms with Crippen LogP contribution in [-0.4, -0.2) is 12.4 Å². The number of carbonyl (C=O) groups is 1. The van der Waals surface area contributed by atoms with E-state index in [0.29, 0.717) is 24.3 Å². The van der Waals surface area contributed by atoms with Gasteiger partial charge in [0.15, 0.2) is 5.78 Å². The number of hydrogen-bond acceptors (Lipinski definition) is 2. The molecule has 1 rings (SSSR count). The van der Waals surface area contributed by atoms with Gasteiger partial charge in [0.25, 0.3) is 0 Å². The second-order valence-corrected chi connectivity index (χ2v) is 2.71. The lowest BCUT2D eigenvalue weighted by Gasteiger charge is -2.07. The van der Waals surface area contributed by atoms with E-state index in [4.69, 9.17) is 4.74 Å². The Labute approximate surface area is 106 Å². The summed E-state index contributed by atoms with van der Waals surface area (Å²) in [6.45, 7) is 12.4. The second-order valence-electron chi connectivity index (χ2n) is 2.71. The molecule has 2 heteroatoms. The van der Waals surface area contributed by atoms with Crippen molar-refractivity contribution >= 4 is 5.78 Å². The Kier molecular flexibility index (Phi) is 13.6. The minimum absolute atomic E-state index is 0.129. The monoisotopic (exact) mass is 238 g/mol. The van der Waals surface area contributed by atoms with Crippen LogP contribution >= 0.6 is 0 Å².